The normalized spacial score (nSPS) is 11.0. The van der Waals surface area contributed by atoms with Gasteiger partial charge in [0.05, 0.1) is 11.6 Å². The number of halogens is 2. The average Bonchev–Trinajstić information content (AvgIpc) is 2.89. The molecule has 0 N–H and O–H groups in total. The summed E-state index contributed by atoms with van der Waals surface area (Å²) in [5, 5.41) is 0.897. The molecule has 2 aromatic rings. The zero-order valence-corrected chi connectivity index (χ0v) is 14.2. The number of esters is 1. The maximum atomic E-state index is 12.4. The SMILES string of the molecule is C=Nc1nc(-c2cc(Cl)ccc2Cl)c(C(=O)OCC)n1/C=C\C. The highest BCUT2D eigenvalue weighted by atomic mass is 35.5. The number of hydrogen-bond acceptors (Lipinski definition) is 4. The maximum absolute atomic E-state index is 12.4. The van der Waals surface area contributed by atoms with Crippen molar-refractivity contribution in [1.29, 1.82) is 0 Å². The van der Waals surface area contributed by atoms with Gasteiger partial charge < -0.3 is 4.74 Å². The minimum Gasteiger partial charge on any atom is -0.461 e. The van der Waals surface area contributed by atoms with E-state index in [0.717, 1.165) is 0 Å². The van der Waals surface area contributed by atoms with Crippen LogP contribution in [0.2, 0.25) is 10.0 Å². The van der Waals surface area contributed by atoms with Crippen LogP contribution in [0.15, 0.2) is 29.3 Å². The van der Waals surface area contributed by atoms with Crippen LogP contribution in [-0.2, 0) is 4.74 Å². The van der Waals surface area contributed by atoms with Crippen molar-refractivity contribution in [2.45, 2.75) is 13.8 Å². The Labute approximate surface area is 144 Å². The van der Waals surface area contributed by atoms with Crippen molar-refractivity contribution in [2.24, 2.45) is 4.99 Å². The maximum Gasteiger partial charge on any atom is 0.357 e. The quantitative estimate of drug-likeness (QED) is 0.571. The van der Waals surface area contributed by atoms with E-state index < -0.39 is 5.97 Å². The van der Waals surface area contributed by atoms with Crippen LogP contribution in [0.1, 0.15) is 24.3 Å². The zero-order valence-electron chi connectivity index (χ0n) is 12.7. The second-order valence-corrected chi connectivity index (χ2v) is 5.31. The van der Waals surface area contributed by atoms with Crippen LogP contribution in [-0.4, -0.2) is 28.8 Å². The summed E-state index contributed by atoms with van der Waals surface area (Å²) in [4.78, 5) is 20.6. The van der Waals surface area contributed by atoms with Crippen molar-refractivity contribution in [3.63, 3.8) is 0 Å². The summed E-state index contributed by atoms with van der Waals surface area (Å²) in [7, 11) is 0. The van der Waals surface area contributed by atoms with Crippen LogP contribution >= 0.6 is 23.2 Å². The zero-order chi connectivity index (χ0) is 17.0. The summed E-state index contributed by atoms with van der Waals surface area (Å²) in [6, 6.07) is 4.94. The van der Waals surface area contributed by atoms with Crippen LogP contribution in [0.4, 0.5) is 5.95 Å². The first-order valence-electron chi connectivity index (χ1n) is 6.87. The molecule has 0 bridgehead atoms. The Morgan fingerprint density at radius 1 is 1.48 bits per heavy atom. The minimum atomic E-state index is -0.529. The number of aromatic nitrogens is 2. The molecule has 0 spiro atoms. The Hall–Kier alpha value is -2.11. The lowest BCUT2D eigenvalue weighted by Gasteiger charge is -2.08. The molecule has 0 aliphatic heterocycles. The lowest BCUT2D eigenvalue weighted by molar-refractivity contribution is 0.0518. The Balaban J connectivity index is 2.79. The van der Waals surface area contributed by atoms with Gasteiger partial charge in [-0.3, -0.25) is 4.57 Å². The van der Waals surface area contributed by atoms with Gasteiger partial charge in [0.15, 0.2) is 5.69 Å². The van der Waals surface area contributed by atoms with E-state index in [0.29, 0.717) is 21.3 Å². The molecule has 0 radical (unpaired) electrons. The number of nitrogens with zero attached hydrogens (tertiary/aromatic N) is 3. The fourth-order valence-corrected chi connectivity index (χ4v) is 2.46. The molecule has 5 nitrogen and oxygen atoms in total. The van der Waals surface area contributed by atoms with Gasteiger partial charge >= 0.3 is 5.97 Å². The summed E-state index contributed by atoms with van der Waals surface area (Å²) in [6.07, 6.45) is 3.41. The standard InChI is InChI=1S/C16H15Cl2N3O2/c1-4-8-21-14(15(22)23-5-2)13(20-16(21)19-3)11-9-10(17)6-7-12(11)18/h4,6-9H,3,5H2,1-2H3/b8-4-. The van der Waals surface area contributed by atoms with E-state index in [1.54, 1.807) is 37.4 Å². The number of aliphatic imine (C=N–C) groups is 1. The van der Waals surface area contributed by atoms with E-state index in [-0.39, 0.29) is 18.2 Å². The van der Waals surface area contributed by atoms with E-state index in [4.69, 9.17) is 27.9 Å². The molecule has 1 aromatic heterocycles. The van der Waals surface area contributed by atoms with E-state index in [1.807, 2.05) is 6.92 Å². The molecule has 1 aromatic carbocycles. The molecule has 0 aliphatic rings. The monoisotopic (exact) mass is 351 g/mol. The Morgan fingerprint density at radius 3 is 2.83 bits per heavy atom. The number of benzene rings is 1. The Bertz CT molecular complexity index is 782. The Kier molecular flexibility index (Phi) is 5.58. The van der Waals surface area contributed by atoms with E-state index in [9.17, 15) is 4.79 Å². The van der Waals surface area contributed by atoms with Crippen LogP contribution in [0.3, 0.4) is 0 Å². The van der Waals surface area contributed by atoms with Gasteiger partial charge in [-0.05, 0) is 38.8 Å². The van der Waals surface area contributed by atoms with Crippen LogP contribution < -0.4 is 0 Å². The summed E-state index contributed by atoms with van der Waals surface area (Å²) >= 11 is 12.3. The molecule has 7 heteroatoms. The number of ether oxygens (including phenoxy) is 1. The fraction of sp³-hybridized carbons (Fsp3) is 0.188. The molecule has 0 saturated heterocycles. The summed E-state index contributed by atoms with van der Waals surface area (Å²) in [6.45, 7) is 7.27. The van der Waals surface area contributed by atoms with Crippen molar-refractivity contribution < 1.29 is 9.53 Å². The molecule has 1 heterocycles. The van der Waals surface area contributed by atoms with E-state index >= 15 is 0 Å². The third kappa shape index (κ3) is 3.46. The summed E-state index contributed by atoms with van der Waals surface area (Å²) < 4.78 is 6.64. The highest BCUT2D eigenvalue weighted by Gasteiger charge is 2.25. The molecule has 0 amide bonds. The molecule has 0 aliphatic carbocycles. The topological polar surface area (TPSA) is 56.5 Å². The summed E-state index contributed by atoms with van der Waals surface area (Å²) in [5.41, 5.74) is 1.09. The Morgan fingerprint density at radius 2 is 2.22 bits per heavy atom. The molecule has 0 fully saturated rings. The van der Waals surface area contributed by atoms with Gasteiger partial charge in [-0.15, -0.1) is 0 Å². The van der Waals surface area contributed by atoms with Gasteiger partial charge in [0.1, 0.15) is 5.69 Å². The van der Waals surface area contributed by atoms with Crippen molar-refractivity contribution in [1.82, 2.24) is 9.55 Å². The highest BCUT2D eigenvalue weighted by molar-refractivity contribution is 6.35. The smallest absolute Gasteiger partial charge is 0.357 e. The molecular weight excluding hydrogens is 337 g/mol. The molecule has 120 valence electrons. The lowest BCUT2D eigenvalue weighted by atomic mass is 10.1. The average molecular weight is 352 g/mol. The number of hydrogen-bond donors (Lipinski definition) is 0. The molecule has 23 heavy (non-hydrogen) atoms. The highest BCUT2D eigenvalue weighted by Crippen LogP contribution is 2.35. The summed E-state index contributed by atoms with van der Waals surface area (Å²) in [5.74, 6) is -0.267. The number of carbonyl (C=O) groups excluding carboxylic acids is 1. The molecule has 0 atom stereocenters. The number of imidazole rings is 1. The van der Waals surface area contributed by atoms with Crippen molar-refractivity contribution in [3.8, 4) is 11.3 Å². The number of carbonyl (C=O) groups is 1. The second-order valence-electron chi connectivity index (χ2n) is 4.46. The predicted octanol–water partition coefficient (Wildman–Crippen LogP) is 4.86. The van der Waals surface area contributed by atoms with Gasteiger partial charge in [-0.1, -0.05) is 29.3 Å². The molecule has 0 saturated carbocycles. The number of allylic oxidation sites excluding steroid dienone is 1. The van der Waals surface area contributed by atoms with Gasteiger partial charge in [0, 0.05) is 16.8 Å². The van der Waals surface area contributed by atoms with Crippen molar-refractivity contribution in [3.05, 3.63) is 40.0 Å². The van der Waals surface area contributed by atoms with Crippen molar-refractivity contribution >= 4 is 48.0 Å². The van der Waals surface area contributed by atoms with Gasteiger partial charge in [-0.25, -0.2) is 14.8 Å². The fourth-order valence-electron chi connectivity index (χ4n) is 2.08. The number of rotatable bonds is 5. The first-order valence-corrected chi connectivity index (χ1v) is 7.63. The predicted molar refractivity (Wildman–Crippen MR) is 93.9 cm³/mol. The van der Waals surface area contributed by atoms with Crippen molar-refractivity contribution in [2.75, 3.05) is 6.61 Å². The van der Waals surface area contributed by atoms with E-state index in [2.05, 4.69) is 16.7 Å². The van der Waals surface area contributed by atoms with Crippen LogP contribution in [0.5, 0.6) is 0 Å². The molecule has 2 rings (SSSR count). The lowest BCUT2D eigenvalue weighted by Crippen LogP contribution is -2.10. The van der Waals surface area contributed by atoms with Crippen LogP contribution in [0, 0.1) is 0 Å². The first-order chi connectivity index (χ1) is 11.0. The van der Waals surface area contributed by atoms with E-state index in [1.165, 1.54) is 4.57 Å². The minimum absolute atomic E-state index is 0.219. The molecule has 0 unspecified atom stereocenters. The third-order valence-electron chi connectivity index (χ3n) is 2.98. The second kappa shape index (κ2) is 7.44. The third-order valence-corrected chi connectivity index (χ3v) is 3.55. The van der Waals surface area contributed by atoms with Crippen LogP contribution in [0.25, 0.3) is 17.5 Å². The van der Waals surface area contributed by atoms with Gasteiger partial charge in [0.25, 0.3) is 0 Å². The largest absolute Gasteiger partial charge is 0.461 e. The first kappa shape index (κ1) is 17.2. The van der Waals surface area contributed by atoms with Gasteiger partial charge in [0.2, 0.25) is 5.95 Å². The van der Waals surface area contributed by atoms with Gasteiger partial charge in [-0.2, -0.15) is 0 Å². The molecular formula is C16H15Cl2N3O2.